The number of nitrogens with zero attached hydrogens (tertiary/aromatic N) is 1. The smallest absolute Gasteiger partial charge is 0.0794 e. The molecule has 0 unspecified atom stereocenters. The zero-order valence-electron chi connectivity index (χ0n) is 6.37. The zero-order valence-corrected chi connectivity index (χ0v) is 7.19. The molecule has 0 amide bonds. The van der Waals surface area contributed by atoms with Gasteiger partial charge in [0.2, 0.25) is 0 Å². The molecule has 10 heavy (non-hydrogen) atoms. The van der Waals surface area contributed by atoms with Gasteiger partial charge >= 0.3 is 0 Å². The number of hydrogen-bond acceptors (Lipinski definition) is 3. The van der Waals surface area contributed by atoms with E-state index < -0.39 is 0 Å². The van der Waals surface area contributed by atoms with E-state index in [0.29, 0.717) is 6.42 Å². The molecule has 0 aromatic carbocycles. The lowest BCUT2D eigenvalue weighted by Crippen LogP contribution is -1.88. The van der Waals surface area contributed by atoms with E-state index in [9.17, 15) is 0 Å². The van der Waals surface area contributed by atoms with Crippen molar-refractivity contribution in [3.05, 3.63) is 16.6 Å². The normalized spacial score (nSPS) is 8.30. The monoisotopic (exact) mass is 159 g/mol. The van der Waals surface area contributed by atoms with Gasteiger partial charge in [-0.2, -0.15) is 0 Å². The van der Waals surface area contributed by atoms with Gasteiger partial charge < -0.3 is 5.11 Å². The lowest BCUT2D eigenvalue weighted by molar-refractivity contribution is 0.298. The summed E-state index contributed by atoms with van der Waals surface area (Å²) in [6.07, 6.45) is 0.684. The Bertz CT molecular complexity index is 139. The van der Waals surface area contributed by atoms with Crippen LogP contribution in [0.1, 0.15) is 19.5 Å². The van der Waals surface area contributed by atoms with Crippen molar-refractivity contribution in [2.45, 2.75) is 20.3 Å². The Morgan fingerprint density at radius 2 is 2.30 bits per heavy atom. The van der Waals surface area contributed by atoms with Gasteiger partial charge in [0, 0.05) is 18.4 Å². The van der Waals surface area contributed by atoms with Crippen LogP contribution in [0.25, 0.3) is 0 Å². The summed E-state index contributed by atoms with van der Waals surface area (Å²) in [5.41, 5.74) is 2.75. The van der Waals surface area contributed by atoms with E-state index in [1.54, 1.807) is 16.8 Å². The maximum Gasteiger partial charge on any atom is 0.0794 e. The Morgan fingerprint density at radius 1 is 1.60 bits per heavy atom. The molecule has 0 radical (unpaired) electrons. The summed E-state index contributed by atoms with van der Waals surface area (Å²) in [5, 5.41) is 10.3. The van der Waals surface area contributed by atoms with Crippen LogP contribution in [0, 0.1) is 0 Å². The van der Waals surface area contributed by atoms with Crippen LogP contribution in [0.15, 0.2) is 10.9 Å². The topological polar surface area (TPSA) is 33.1 Å². The van der Waals surface area contributed by atoms with Gasteiger partial charge in [-0.25, -0.2) is 4.98 Å². The minimum Gasteiger partial charge on any atom is -0.396 e. The first-order valence-corrected chi connectivity index (χ1v) is 4.35. The number of aromatic nitrogens is 1. The average Bonchev–Trinajstić information content (AvgIpc) is 2.46. The van der Waals surface area contributed by atoms with Gasteiger partial charge in [-0.05, 0) is 0 Å². The van der Waals surface area contributed by atoms with Crippen molar-refractivity contribution in [2.75, 3.05) is 6.61 Å². The fourth-order valence-corrected chi connectivity index (χ4v) is 1.07. The van der Waals surface area contributed by atoms with E-state index in [2.05, 4.69) is 4.98 Å². The van der Waals surface area contributed by atoms with E-state index >= 15 is 0 Å². The van der Waals surface area contributed by atoms with Crippen LogP contribution < -0.4 is 0 Å². The van der Waals surface area contributed by atoms with Gasteiger partial charge in [0.15, 0.2) is 0 Å². The highest BCUT2D eigenvalue weighted by Crippen LogP contribution is 1.99. The predicted octanol–water partition coefficient (Wildman–Crippen LogP) is 1.70. The van der Waals surface area contributed by atoms with Crippen molar-refractivity contribution in [2.24, 2.45) is 0 Å². The first-order valence-electron chi connectivity index (χ1n) is 3.41. The number of thiazole rings is 1. The Morgan fingerprint density at radius 3 is 2.70 bits per heavy atom. The molecule has 2 nitrogen and oxygen atoms in total. The zero-order chi connectivity index (χ0) is 7.82. The molecule has 0 aliphatic carbocycles. The van der Waals surface area contributed by atoms with E-state index in [-0.39, 0.29) is 6.61 Å². The molecule has 0 spiro atoms. The van der Waals surface area contributed by atoms with Crippen LogP contribution in [-0.4, -0.2) is 16.7 Å². The van der Waals surface area contributed by atoms with Gasteiger partial charge in [-0.1, -0.05) is 13.8 Å². The Kier molecular flexibility index (Phi) is 6.43. The van der Waals surface area contributed by atoms with Crippen molar-refractivity contribution in [3.8, 4) is 0 Å². The summed E-state index contributed by atoms with van der Waals surface area (Å²) < 4.78 is 0. The molecular formula is C7H13NOS. The highest BCUT2D eigenvalue weighted by atomic mass is 32.1. The van der Waals surface area contributed by atoms with Crippen LogP contribution in [0.2, 0.25) is 0 Å². The third kappa shape index (κ3) is 3.58. The number of rotatable bonds is 2. The molecule has 0 aliphatic heterocycles. The quantitative estimate of drug-likeness (QED) is 0.712. The molecular weight excluding hydrogens is 146 g/mol. The lowest BCUT2D eigenvalue weighted by atomic mass is 10.4. The summed E-state index contributed by atoms with van der Waals surface area (Å²) in [6.45, 7) is 4.20. The molecule has 58 valence electrons. The second-order valence-electron chi connectivity index (χ2n) is 1.45. The molecule has 1 aromatic heterocycles. The Balaban J connectivity index is 0.000000371. The molecule has 1 heterocycles. The van der Waals surface area contributed by atoms with Gasteiger partial charge in [0.05, 0.1) is 11.2 Å². The lowest BCUT2D eigenvalue weighted by Gasteiger charge is -1.84. The summed E-state index contributed by atoms with van der Waals surface area (Å²) >= 11 is 1.56. The fourth-order valence-electron chi connectivity index (χ4n) is 0.476. The van der Waals surface area contributed by atoms with Crippen LogP contribution in [-0.2, 0) is 6.42 Å². The van der Waals surface area contributed by atoms with Crippen LogP contribution in [0.5, 0.6) is 0 Å². The summed E-state index contributed by atoms with van der Waals surface area (Å²) in [6, 6.07) is 0. The van der Waals surface area contributed by atoms with Gasteiger partial charge in [-0.3, -0.25) is 0 Å². The van der Waals surface area contributed by atoms with E-state index in [0.717, 1.165) is 5.69 Å². The first-order chi connectivity index (χ1) is 4.93. The van der Waals surface area contributed by atoms with E-state index in [1.807, 2.05) is 19.2 Å². The van der Waals surface area contributed by atoms with E-state index in [1.165, 1.54) is 0 Å². The minimum atomic E-state index is 0.198. The maximum atomic E-state index is 8.40. The summed E-state index contributed by atoms with van der Waals surface area (Å²) in [5.74, 6) is 0. The maximum absolute atomic E-state index is 8.40. The van der Waals surface area contributed by atoms with Gasteiger partial charge in [0.25, 0.3) is 0 Å². The van der Waals surface area contributed by atoms with Crippen LogP contribution in [0.4, 0.5) is 0 Å². The largest absolute Gasteiger partial charge is 0.396 e. The standard InChI is InChI=1S/C5H7NOS.C2H6/c7-2-1-5-3-8-4-6-5;1-2/h3-4,7H,1-2H2;1-2H3. The highest BCUT2D eigenvalue weighted by Gasteiger charge is 1.89. The Hall–Kier alpha value is -0.410. The molecule has 1 N–H and O–H groups in total. The van der Waals surface area contributed by atoms with Crippen molar-refractivity contribution in [1.29, 1.82) is 0 Å². The number of hydrogen-bond donors (Lipinski definition) is 1. The fraction of sp³-hybridized carbons (Fsp3) is 0.571. The molecule has 1 rings (SSSR count). The highest BCUT2D eigenvalue weighted by molar-refractivity contribution is 7.07. The number of aliphatic hydroxyl groups is 1. The minimum absolute atomic E-state index is 0.198. The third-order valence-corrected chi connectivity index (χ3v) is 1.49. The second-order valence-corrected chi connectivity index (χ2v) is 2.17. The molecule has 0 saturated carbocycles. The molecule has 0 fully saturated rings. The van der Waals surface area contributed by atoms with Gasteiger partial charge in [0.1, 0.15) is 0 Å². The predicted molar refractivity (Wildman–Crippen MR) is 44.3 cm³/mol. The van der Waals surface area contributed by atoms with Gasteiger partial charge in [-0.15, -0.1) is 11.3 Å². The van der Waals surface area contributed by atoms with Crippen molar-refractivity contribution >= 4 is 11.3 Å². The SMILES string of the molecule is CC.OCCc1cscn1. The molecule has 0 saturated heterocycles. The molecule has 1 aromatic rings. The van der Waals surface area contributed by atoms with E-state index in [4.69, 9.17) is 5.11 Å². The molecule has 0 atom stereocenters. The van der Waals surface area contributed by atoms with Crippen molar-refractivity contribution in [3.63, 3.8) is 0 Å². The molecule has 0 bridgehead atoms. The molecule has 3 heteroatoms. The van der Waals surface area contributed by atoms with Crippen molar-refractivity contribution < 1.29 is 5.11 Å². The van der Waals surface area contributed by atoms with Crippen LogP contribution in [0.3, 0.4) is 0 Å². The third-order valence-electron chi connectivity index (χ3n) is 0.851. The van der Waals surface area contributed by atoms with Crippen molar-refractivity contribution in [1.82, 2.24) is 4.98 Å². The van der Waals surface area contributed by atoms with Crippen LogP contribution >= 0.6 is 11.3 Å². The Labute approximate surface area is 65.6 Å². The summed E-state index contributed by atoms with van der Waals surface area (Å²) in [4.78, 5) is 3.96. The first kappa shape index (κ1) is 9.59. The second kappa shape index (κ2) is 6.71. The average molecular weight is 159 g/mol. The summed E-state index contributed by atoms with van der Waals surface area (Å²) in [7, 11) is 0. The molecule has 0 aliphatic rings. The number of aliphatic hydroxyl groups excluding tert-OH is 1.